The Morgan fingerprint density at radius 2 is 2.14 bits per heavy atom. The summed E-state index contributed by atoms with van der Waals surface area (Å²) in [5, 5.41) is 19.3. The number of aromatic nitrogens is 1. The zero-order valence-corrected chi connectivity index (χ0v) is 12.5. The number of aliphatic hydroxyl groups excluding tert-OH is 1. The molecule has 0 bridgehead atoms. The van der Waals surface area contributed by atoms with Crippen LogP contribution in [-0.2, 0) is 11.3 Å². The Balaban J connectivity index is 2.61. The molecule has 2 N–H and O–H groups in total. The van der Waals surface area contributed by atoms with E-state index < -0.39 is 11.8 Å². The van der Waals surface area contributed by atoms with E-state index in [1.54, 1.807) is 6.07 Å². The molecule has 21 heavy (non-hydrogen) atoms. The number of carbonyl (C=O) groups excluding carboxylic acids is 1. The van der Waals surface area contributed by atoms with Gasteiger partial charge in [-0.2, -0.15) is 0 Å². The van der Waals surface area contributed by atoms with Crippen molar-refractivity contribution in [2.75, 3.05) is 7.11 Å². The lowest BCUT2D eigenvalue weighted by Crippen LogP contribution is -2.05. The highest BCUT2D eigenvalue weighted by Crippen LogP contribution is 2.33. The summed E-state index contributed by atoms with van der Waals surface area (Å²) >= 11 is 3.21. The fourth-order valence-electron chi connectivity index (χ4n) is 1.86. The number of ether oxygens (including phenoxy) is 1. The molecule has 0 aliphatic carbocycles. The lowest BCUT2D eigenvalue weighted by molar-refractivity contribution is 0.0595. The number of aliphatic hydroxyl groups is 1. The second-order valence-electron chi connectivity index (χ2n) is 4.16. The molecule has 0 aliphatic rings. The number of carbonyl (C=O) groups is 1. The average Bonchev–Trinajstić information content (AvgIpc) is 2.48. The van der Waals surface area contributed by atoms with Gasteiger partial charge in [-0.3, -0.25) is 4.98 Å². The number of phenolic OH excluding ortho intramolecular Hbond substituents is 1. The van der Waals surface area contributed by atoms with Gasteiger partial charge in [0.1, 0.15) is 11.6 Å². The lowest BCUT2D eigenvalue weighted by Gasteiger charge is -2.11. The Labute approximate surface area is 128 Å². The van der Waals surface area contributed by atoms with Gasteiger partial charge in [-0.05, 0) is 34.1 Å². The molecule has 1 heterocycles. The number of rotatable bonds is 3. The molecule has 2 rings (SSSR count). The van der Waals surface area contributed by atoms with Crippen molar-refractivity contribution < 1.29 is 24.1 Å². The minimum absolute atomic E-state index is 0.0803. The minimum atomic E-state index is -0.888. The lowest BCUT2D eigenvalue weighted by atomic mass is 10.0. The van der Waals surface area contributed by atoms with Gasteiger partial charge in [-0.1, -0.05) is 0 Å². The van der Waals surface area contributed by atoms with Gasteiger partial charge in [-0.25, -0.2) is 9.18 Å². The topological polar surface area (TPSA) is 79.7 Å². The van der Waals surface area contributed by atoms with E-state index in [1.807, 2.05) is 0 Å². The molecule has 0 aliphatic heterocycles. The molecule has 1 aromatic carbocycles. The number of phenols is 1. The van der Waals surface area contributed by atoms with E-state index in [1.165, 1.54) is 6.20 Å². The van der Waals surface area contributed by atoms with Gasteiger partial charge in [0.2, 0.25) is 0 Å². The normalized spacial score (nSPS) is 10.5. The summed E-state index contributed by atoms with van der Waals surface area (Å²) in [6.07, 6.45) is 1.46. The van der Waals surface area contributed by atoms with Gasteiger partial charge < -0.3 is 14.9 Å². The highest BCUT2D eigenvalue weighted by molar-refractivity contribution is 9.10. The van der Waals surface area contributed by atoms with Crippen molar-refractivity contribution in [3.63, 3.8) is 0 Å². The van der Waals surface area contributed by atoms with Crippen LogP contribution in [0.25, 0.3) is 11.3 Å². The van der Waals surface area contributed by atoms with Gasteiger partial charge >= 0.3 is 5.97 Å². The number of pyridine rings is 1. The van der Waals surface area contributed by atoms with Crippen molar-refractivity contribution in [2.45, 2.75) is 6.61 Å². The molecule has 0 atom stereocenters. The molecular weight excluding hydrogens is 345 g/mol. The number of methoxy groups -OCH3 is 1. The summed E-state index contributed by atoms with van der Waals surface area (Å²) in [7, 11) is 1.12. The van der Waals surface area contributed by atoms with Gasteiger partial charge in [0.25, 0.3) is 0 Å². The maximum Gasteiger partial charge on any atom is 0.340 e. The largest absolute Gasteiger partial charge is 0.507 e. The van der Waals surface area contributed by atoms with Crippen molar-refractivity contribution in [3.05, 3.63) is 45.8 Å². The van der Waals surface area contributed by atoms with E-state index >= 15 is 0 Å². The molecule has 0 unspecified atom stereocenters. The number of benzene rings is 1. The molecule has 7 heteroatoms. The number of hydrogen-bond acceptors (Lipinski definition) is 5. The minimum Gasteiger partial charge on any atom is -0.507 e. The zero-order chi connectivity index (χ0) is 15.6. The first kappa shape index (κ1) is 15.4. The molecular formula is C14H11BrFNO4. The summed E-state index contributed by atoms with van der Waals surface area (Å²) in [5.41, 5.74) is 0.344. The van der Waals surface area contributed by atoms with Crippen molar-refractivity contribution in [1.82, 2.24) is 4.98 Å². The molecule has 5 nitrogen and oxygen atoms in total. The molecule has 2 aromatic rings. The molecule has 0 spiro atoms. The van der Waals surface area contributed by atoms with E-state index in [0.717, 1.165) is 19.2 Å². The number of esters is 1. The van der Waals surface area contributed by atoms with Crippen LogP contribution in [0, 0.1) is 5.82 Å². The fraction of sp³-hybridized carbons (Fsp3) is 0.143. The quantitative estimate of drug-likeness (QED) is 0.827. The fourth-order valence-corrected chi connectivity index (χ4v) is 2.24. The van der Waals surface area contributed by atoms with Crippen molar-refractivity contribution in [2.24, 2.45) is 0 Å². The van der Waals surface area contributed by atoms with Crippen molar-refractivity contribution >= 4 is 21.9 Å². The van der Waals surface area contributed by atoms with Crippen LogP contribution in [0.15, 0.2) is 28.9 Å². The summed E-state index contributed by atoms with van der Waals surface area (Å²) in [4.78, 5) is 15.4. The van der Waals surface area contributed by atoms with Crippen LogP contribution in [-0.4, -0.2) is 28.3 Å². The SMILES string of the molecule is COC(=O)c1cc(O)c(-c2ncc(Br)cc2CO)cc1F. The van der Waals surface area contributed by atoms with Gasteiger partial charge in [0.05, 0.1) is 25.0 Å². The molecule has 0 radical (unpaired) electrons. The molecule has 0 saturated heterocycles. The predicted molar refractivity (Wildman–Crippen MR) is 76.3 cm³/mol. The molecule has 0 saturated carbocycles. The maximum atomic E-state index is 14.0. The monoisotopic (exact) mass is 355 g/mol. The van der Waals surface area contributed by atoms with Crippen LogP contribution >= 0.6 is 15.9 Å². The summed E-state index contributed by atoms with van der Waals surface area (Å²) in [5.74, 6) is -2.06. The first-order valence-corrected chi connectivity index (χ1v) is 6.63. The van der Waals surface area contributed by atoms with Gasteiger partial charge in [0, 0.05) is 21.8 Å². The molecule has 0 amide bonds. The van der Waals surface area contributed by atoms with Crippen LogP contribution in [0.2, 0.25) is 0 Å². The second kappa shape index (κ2) is 6.19. The van der Waals surface area contributed by atoms with E-state index in [9.17, 15) is 19.4 Å². The van der Waals surface area contributed by atoms with Crippen LogP contribution < -0.4 is 0 Å². The Bertz CT molecular complexity index is 706. The summed E-state index contributed by atoms with van der Waals surface area (Å²) in [6.45, 7) is -0.332. The second-order valence-corrected chi connectivity index (χ2v) is 5.08. The van der Waals surface area contributed by atoms with Crippen LogP contribution in [0.5, 0.6) is 5.75 Å². The molecule has 110 valence electrons. The third-order valence-corrected chi connectivity index (χ3v) is 3.28. The van der Waals surface area contributed by atoms with Crippen LogP contribution in [0.3, 0.4) is 0 Å². The predicted octanol–water partition coefficient (Wildman–Crippen LogP) is 2.63. The Kier molecular flexibility index (Phi) is 4.54. The first-order valence-electron chi connectivity index (χ1n) is 5.84. The van der Waals surface area contributed by atoms with Crippen LogP contribution in [0.4, 0.5) is 4.39 Å². The number of hydrogen-bond donors (Lipinski definition) is 2. The van der Waals surface area contributed by atoms with E-state index in [4.69, 9.17) is 0 Å². The summed E-state index contributed by atoms with van der Waals surface area (Å²) in [6, 6.07) is 3.56. The van der Waals surface area contributed by atoms with E-state index in [2.05, 4.69) is 25.7 Å². The third-order valence-electron chi connectivity index (χ3n) is 2.85. The Hall–Kier alpha value is -1.99. The zero-order valence-electron chi connectivity index (χ0n) is 10.9. The summed E-state index contributed by atoms with van der Waals surface area (Å²) < 4.78 is 19.0. The van der Waals surface area contributed by atoms with Crippen LogP contribution in [0.1, 0.15) is 15.9 Å². The Morgan fingerprint density at radius 3 is 2.76 bits per heavy atom. The highest BCUT2D eigenvalue weighted by atomic mass is 79.9. The number of aromatic hydroxyl groups is 1. The smallest absolute Gasteiger partial charge is 0.340 e. The molecule has 0 fully saturated rings. The van der Waals surface area contributed by atoms with Gasteiger partial charge in [-0.15, -0.1) is 0 Å². The average molecular weight is 356 g/mol. The standard InChI is InChI=1S/C14H11BrFNO4/c1-21-14(20)9-4-12(19)10(3-11(9)16)13-7(6-18)2-8(15)5-17-13/h2-5,18-19H,6H2,1H3. The van der Waals surface area contributed by atoms with E-state index in [0.29, 0.717) is 10.0 Å². The number of halogens is 2. The first-order chi connectivity index (χ1) is 9.97. The third kappa shape index (κ3) is 3.03. The number of nitrogens with zero attached hydrogens (tertiary/aromatic N) is 1. The highest BCUT2D eigenvalue weighted by Gasteiger charge is 2.19. The van der Waals surface area contributed by atoms with Crippen molar-refractivity contribution in [3.8, 4) is 17.0 Å². The maximum absolute atomic E-state index is 14.0. The van der Waals surface area contributed by atoms with E-state index in [-0.39, 0.29) is 29.2 Å². The van der Waals surface area contributed by atoms with Crippen molar-refractivity contribution in [1.29, 1.82) is 0 Å². The van der Waals surface area contributed by atoms with Gasteiger partial charge in [0.15, 0.2) is 0 Å². The molecule has 1 aromatic heterocycles. The Morgan fingerprint density at radius 1 is 1.43 bits per heavy atom.